The van der Waals surface area contributed by atoms with Crippen molar-refractivity contribution >= 4 is 17.2 Å². The molecule has 0 fully saturated rings. The van der Waals surface area contributed by atoms with E-state index in [9.17, 15) is 4.79 Å². The van der Waals surface area contributed by atoms with Gasteiger partial charge in [-0.25, -0.2) is 5.48 Å². The Morgan fingerprint density at radius 2 is 1.95 bits per heavy atom. The van der Waals surface area contributed by atoms with Crippen LogP contribution in [0.1, 0.15) is 44.9 Å². The predicted molar refractivity (Wildman–Crippen MR) is 84.3 cm³/mol. The smallest absolute Gasteiger partial charge is 0.269 e. The molecule has 1 aliphatic carbocycles. The minimum Gasteiger partial charge on any atom is -0.269 e. The fraction of sp³-hybridized carbons (Fsp3) is 0.353. The first-order valence-electron chi connectivity index (χ1n) is 7.40. The zero-order valence-electron chi connectivity index (χ0n) is 11.9. The molecule has 1 N–H and O–H groups in total. The second kappa shape index (κ2) is 6.87. The number of carbonyl (C=O) groups excluding carboxylic acids is 1. The Balaban J connectivity index is 1.56. The van der Waals surface area contributed by atoms with E-state index >= 15 is 0 Å². The van der Waals surface area contributed by atoms with E-state index in [1.54, 1.807) is 11.3 Å². The highest BCUT2D eigenvalue weighted by Gasteiger charge is 2.16. The fourth-order valence-electron chi connectivity index (χ4n) is 2.59. The molecule has 0 aliphatic heterocycles. The van der Waals surface area contributed by atoms with Crippen molar-refractivity contribution in [2.24, 2.45) is 0 Å². The molecule has 1 heterocycles. The van der Waals surface area contributed by atoms with Gasteiger partial charge in [0, 0.05) is 4.88 Å². The topological polar surface area (TPSA) is 38.3 Å². The summed E-state index contributed by atoms with van der Waals surface area (Å²) in [7, 11) is 0. The van der Waals surface area contributed by atoms with Gasteiger partial charge < -0.3 is 0 Å². The van der Waals surface area contributed by atoms with Crippen molar-refractivity contribution in [3.05, 3.63) is 57.3 Å². The number of hydrogen-bond donors (Lipinski definition) is 1. The van der Waals surface area contributed by atoms with Crippen LogP contribution in [0.3, 0.4) is 0 Å². The van der Waals surface area contributed by atoms with Crippen molar-refractivity contribution in [1.82, 2.24) is 5.48 Å². The van der Waals surface area contributed by atoms with Crippen molar-refractivity contribution in [3.63, 3.8) is 0 Å². The molecular formula is C17H19NO2S. The molecule has 4 heteroatoms. The van der Waals surface area contributed by atoms with E-state index in [0.29, 0.717) is 6.61 Å². The highest BCUT2D eigenvalue weighted by Crippen LogP contribution is 2.28. The third-order valence-electron chi connectivity index (χ3n) is 3.72. The van der Waals surface area contributed by atoms with E-state index in [0.717, 1.165) is 23.3 Å². The van der Waals surface area contributed by atoms with Gasteiger partial charge in [0.1, 0.15) is 0 Å². The van der Waals surface area contributed by atoms with E-state index in [4.69, 9.17) is 4.84 Å². The van der Waals surface area contributed by atoms with Crippen LogP contribution in [0.15, 0.2) is 36.4 Å². The molecule has 0 saturated carbocycles. The number of rotatable bonds is 4. The van der Waals surface area contributed by atoms with Crippen LogP contribution >= 0.6 is 11.3 Å². The monoisotopic (exact) mass is 301 g/mol. The number of carbonyl (C=O) groups is 1. The van der Waals surface area contributed by atoms with Gasteiger partial charge >= 0.3 is 0 Å². The molecule has 21 heavy (non-hydrogen) atoms. The molecule has 0 bridgehead atoms. The maximum Gasteiger partial charge on any atom is 0.284 e. The summed E-state index contributed by atoms with van der Waals surface area (Å²) in [5.74, 6) is -0.135. The lowest BCUT2D eigenvalue weighted by atomic mass is 10.1. The summed E-state index contributed by atoms with van der Waals surface area (Å²) in [4.78, 5) is 19.5. The Morgan fingerprint density at radius 3 is 2.81 bits per heavy atom. The van der Waals surface area contributed by atoms with Crippen LogP contribution in [0, 0.1) is 0 Å². The third kappa shape index (κ3) is 3.71. The van der Waals surface area contributed by atoms with E-state index in [1.165, 1.54) is 29.7 Å². The first-order valence-corrected chi connectivity index (χ1v) is 8.22. The third-order valence-corrected chi connectivity index (χ3v) is 4.95. The maximum atomic E-state index is 12.1. The van der Waals surface area contributed by atoms with Crippen molar-refractivity contribution in [3.8, 4) is 0 Å². The minimum absolute atomic E-state index is 0.135. The van der Waals surface area contributed by atoms with Crippen molar-refractivity contribution in [1.29, 1.82) is 0 Å². The SMILES string of the molecule is O=C(NOCc1ccccc1)c1cc2c(s1)CCCCC2. The summed E-state index contributed by atoms with van der Waals surface area (Å²) < 4.78 is 0. The number of aryl methyl sites for hydroxylation is 2. The molecule has 0 atom stereocenters. The average Bonchev–Trinajstić information content (AvgIpc) is 2.79. The number of hydroxylamine groups is 1. The molecule has 2 aromatic rings. The lowest BCUT2D eigenvalue weighted by molar-refractivity contribution is 0.0237. The second-order valence-electron chi connectivity index (χ2n) is 5.33. The molecular weight excluding hydrogens is 282 g/mol. The van der Waals surface area contributed by atoms with E-state index in [-0.39, 0.29) is 5.91 Å². The Hall–Kier alpha value is -1.65. The highest BCUT2D eigenvalue weighted by atomic mass is 32.1. The number of hydrogen-bond acceptors (Lipinski definition) is 3. The Kier molecular flexibility index (Phi) is 4.68. The first-order chi connectivity index (χ1) is 10.3. The van der Waals surface area contributed by atoms with Gasteiger partial charge in [-0.15, -0.1) is 11.3 Å². The van der Waals surface area contributed by atoms with Gasteiger partial charge in [0.15, 0.2) is 0 Å². The summed E-state index contributed by atoms with van der Waals surface area (Å²) in [6.07, 6.45) is 5.97. The predicted octanol–water partition coefficient (Wildman–Crippen LogP) is 3.88. The number of thiophene rings is 1. The quantitative estimate of drug-likeness (QED) is 0.687. The van der Waals surface area contributed by atoms with Crippen LogP contribution in [0.4, 0.5) is 0 Å². The summed E-state index contributed by atoms with van der Waals surface area (Å²) in [6.45, 7) is 0.387. The van der Waals surface area contributed by atoms with Crippen LogP contribution in [0.2, 0.25) is 0 Å². The van der Waals surface area contributed by atoms with Gasteiger partial charge in [0.25, 0.3) is 5.91 Å². The molecule has 0 spiro atoms. The van der Waals surface area contributed by atoms with Crippen LogP contribution in [-0.4, -0.2) is 5.91 Å². The highest BCUT2D eigenvalue weighted by molar-refractivity contribution is 7.14. The van der Waals surface area contributed by atoms with Crippen molar-refractivity contribution in [2.75, 3.05) is 0 Å². The standard InChI is InChI=1S/C17H19NO2S/c19-17(18-20-12-13-7-3-1-4-8-13)16-11-14-9-5-2-6-10-15(14)21-16/h1,3-4,7-8,11H,2,5-6,9-10,12H2,(H,18,19). The molecule has 3 rings (SSSR count). The molecule has 0 unspecified atom stereocenters. The Morgan fingerprint density at radius 1 is 1.14 bits per heavy atom. The number of amides is 1. The Labute approximate surface area is 128 Å². The van der Waals surface area contributed by atoms with Crippen molar-refractivity contribution in [2.45, 2.75) is 38.7 Å². The van der Waals surface area contributed by atoms with Gasteiger partial charge in [-0.1, -0.05) is 36.8 Å². The molecule has 1 aliphatic rings. The van der Waals surface area contributed by atoms with Crippen LogP contribution < -0.4 is 5.48 Å². The van der Waals surface area contributed by atoms with Crippen LogP contribution in [0.5, 0.6) is 0 Å². The largest absolute Gasteiger partial charge is 0.284 e. The van der Waals surface area contributed by atoms with Gasteiger partial charge in [0.05, 0.1) is 11.5 Å². The normalized spacial score (nSPS) is 14.3. The van der Waals surface area contributed by atoms with E-state index in [2.05, 4.69) is 5.48 Å². The van der Waals surface area contributed by atoms with Crippen molar-refractivity contribution < 1.29 is 9.63 Å². The average molecular weight is 301 g/mol. The van der Waals surface area contributed by atoms with E-state index < -0.39 is 0 Å². The summed E-state index contributed by atoms with van der Waals surface area (Å²) >= 11 is 1.61. The number of benzene rings is 1. The second-order valence-corrected chi connectivity index (χ2v) is 6.46. The van der Waals surface area contributed by atoms with Crippen LogP contribution in [0.25, 0.3) is 0 Å². The maximum absolute atomic E-state index is 12.1. The van der Waals surface area contributed by atoms with E-state index in [1.807, 2.05) is 36.4 Å². The fourth-order valence-corrected chi connectivity index (χ4v) is 3.73. The van der Waals surface area contributed by atoms with Gasteiger partial charge in [0.2, 0.25) is 0 Å². The first kappa shape index (κ1) is 14.3. The molecule has 0 saturated heterocycles. The minimum atomic E-state index is -0.135. The molecule has 0 radical (unpaired) electrons. The van der Waals surface area contributed by atoms with Gasteiger partial charge in [-0.3, -0.25) is 9.63 Å². The molecule has 1 amide bonds. The number of nitrogens with one attached hydrogen (secondary N) is 1. The zero-order valence-corrected chi connectivity index (χ0v) is 12.7. The lowest BCUT2D eigenvalue weighted by Gasteiger charge is -2.04. The summed E-state index contributed by atoms with van der Waals surface area (Å²) in [5.41, 5.74) is 4.94. The lowest BCUT2D eigenvalue weighted by Crippen LogP contribution is -2.22. The summed E-state index contributed by atoms with van der Waals surface area (Å²) in [5, 5.41) is 0. The Bertz CT molecular complexity index is 583. The molecule has 110 valence electrons. The van der Waals surface area contributed by atoms with Gasteiger partial charge in [-0.05, 0) is 42.9 Å². The zero-order chi connectivity index (χ0) is 14.5. The van der Waals surface area contributed by atoms with Crippen LogP contribution in [-0.2, 0) is 24.3 Å². The molecule has 1 aromatic heterocycles. The van der Waals surface area contributed by atoms with Gasteiger partial charge in [-0.2, -0.15) is 0 Å². The number of fused-ring (bicyclic) bond motifs is 1. The summed E-state index contributed by atoms with van der Waals surface area (Å²) in [6, 6.07) is 11.8. The molecule has 1 aromatic carbocycles. The molecule has 3 nitrogen and oxygen atoms in total.